The summed E-state index contributed by atoms with van der Waals surface area (Å²) in [5, 5.41) is 8.82. The van der Waals surface area contributed by atoms with Crippen LogP contribution in [-0.4, -0.2) is 22.6 Å². The molecule has 92 valence electrons. The minimum absolute atomic E-state index is 0.0776. The van der Waals surface area contributed by atoms with Crippen molar-refractivity contribution in [1.82, 2.24) is 0 Å². The summed E-state index contributed by atoms with van der Waals surface area (Å²) < 4.78 is 5.28. The number of esters is 1. The molecule has 1 aromatic rings. The summed E-state index contributed by atoms with van der Waals surface area (Å²) >= 11 is 0. The molecule has 0 saturated carbocycles. The standard InChI is InChI=1S/C13H16O4/c1-4-13(2,3)17-12(16)10-7-5-6-9(8-10)11(14)15/h5-8H,4H2,1-3H3,(H,14,15). The predicted molar refractivity (Wildman–Crippen MR) is 63.2 cm³/mol. The van der Waals surface area contributed by atoms with Gasteiger partial charge in [-0.2, -0.15) is 0 Å². The van der Waals surface area contributed by atoms with Crippen LogP contribution in [-0.2, 0) is 4.74 Å². The van der Waals surface area contributed by atoms with Crippen LogP contribution in [0.3, 0.4) is 0 Å². The SMILES string of the molecule is CCC(C)(C)OC(=O)c1cccc(C(=O)O)c1. The number of carbonyl (C=O) groups is 2. The number of rotatable bonds is 4. The maximum absolute atomic E-state index is 11.8. The van der Waals surface area contributed by atoms with E-state index in [1.165, 1.54) is 18.2 Å². The summed E-state index contributed by atoms with van der Waals surface area (Å²) in [4.78, 5) is 22.5. The maximum Gasteiger partial charge on any atom is 0.338 e. The third-order valence-corrected chi connectivity index (χ3v) is 2.57. The zero-order valence-corrected chi connectivity index (χ0v) is 10.2. The molecule has 1 rings (SSSR count). The molecule has 0 atom stereocenters. The fraction of sp³-hybridized carbons (Fsp3) is 0.385. The van der Waals surface area contributed by atoms with Crippen molar-refractivity contribution >= 4 is 11.9 Å². The predicted octanol–water partition coefficient (Wildman–Crippen LogP) is 2.73. The van der Waals surface area contributed by atoms with E-state index < -0.39 is 17.5 Å². The van der Waals surface area contributed by atoms with Crippen LogP contribution in [0.25, 0.3) is 0 Å². The zero-order chi connectivity index (χ0) is 13.1. The van der Waals surface area contributed by atoms with Gasteiger partial charge >= 0.3 is 11.9 Å². The summed E-state index contributed by atoms with van der Waals surface area (Å²) in [7, 11) is 0. The van der Waals surface area contributed by atoms with Crippen molar-refractivity contribution in [2.75, 3.05) is 0 Å². The molecule has 0 saturated heterocycles. The van der Waals surface area contributed by atoms with Gasteiger partial charge in [0.2, 0.25) is 0 Å². The molecule has 0 bridgehead atoms. The topological polar surface area (TPSA) is 63.6 Å². The summed E-state index contributed by atoms with van der Waals surface area (Å²) in [5.41, 5.74) is -0.212. The van der Waals surface area contributed by atoms with Gasteiger partial charge in [-0.15, -0.1) is 0 Å². The molecular formula is C13H16O4. The molecule has 4 nitrogen and oxygen atoms in total. The third-order valence-electron chi connectivity index (χ3n) is 2.57. The number of benzene rings is 1. The number of carboxylic acids is 1. The zero-order valence-electron chi connectivity index (χ0n) is 10.2. The molecule has 0 aliphatic heterocycles. The first-order chi connectivity index (χ1) is 7.85. The molecule has 4 heteroatoms. The van der Waals surface area contributed by atoms with Gasteiger partial charge in [-0.3, -0.25) is 0 Å². The van der Waals surface area contributed by atoms with Crippen LogP contribution in [0.15, 0.2) is 24.3 Å². The summed E-state index contributed by atoms with van der Waals surface area (Å²) in [6.45, 7) is 5.54. The number of hydrogen-bond acceptors (Lipinski definition) is 3. The minimum Gasteiger partial charge on any atom is -0.478 e. The highest BCUT2D eigenvalue weighted by Gasteiger charge is 2.21. The van der Waals surface area contributed by atoms with Gasteiger partial charge in [0, 0.05) is 0 Å². The second-order valence-electron chi connectivity index (χ2n) is 4.39. The van der Waals surface area contributed by atoms with Gasteiger partial charge in [0.25, 0.3) is 0 Å². The van der Waals surface area contributed by atoms with Crippen LogP contribution < -0.4 is 0 Å². The van der Waals surface area contributed by atoms with Crippen LogP contribution in [0.1, 0.15) is 47.9 Å². The lowest BCUT2D eigenvalue weighted by molar-refractivity contribution is -0.00243. The Kier molecular flexibility index (Phi) is 3.89. The molecule has 0 amide bonds. The third kappa shape index (κ3) is 3.59. The molecular weight excluding hydrogens is 220 g/mol. The Balaban J connectivity index is 2.90. The van der Waals surface area contributed by atoms with E-state index in [4.69, 9.17) is 9.84 Å². The minimum atomic E-state index is -1.06. The van der Waals surface area contributed by atoms with E-state index in [0.717, 1.165) is 0 Å². The largest absolute Gasteiger partial charge is 0.478 e. The second-order valence-corrected chi connectivity index (χ2v) is 4.39. The van der Waals surface area contributed by atoms with Crippen LogP contribution in [0, 0.1) is 0 Å². The van der Waals surface area contributed by atoms with Gasteiger partial charge < -0.3 is 9.84 Å². The Morgan fingerprint density at radius 1 is 1.29 bits per heavy atom. The number of carbonyl (C=O) groups excluding carboxylic acids is 1. The Bertz CT molecular complexity index is 435. The molecule has 0 radical (unpaired) electrons. The molecule has 0 heterocycles. The second kappa shape index (κ2) is 4.99. The number of aromatic carboxylic acids is 1. The van der Waals surface area contributed by atoms with Gasteiger partial charge in [0.1, 0.15) is 5.60 Å². The monoisotopic (exact) mass is 236 g/mol. The van der Waals surface area contributed by atoms with Crippen LogP contribution in [0.4, 0.5) is 0 Å². The lowest BCUT2D eigenvalue weighted by Crippen LogP contribution is -2.27. The van der Waals surface area contributed by atoms with E-state index in [-0.39, 0.29) is 11.1 Å². The Morgan fingerprint density at radius 2 is 1.88 bits per heavy atom. The first-order valence-corrected chi connectivity index (χ1v) is 5.42. The highest BCUT2D eigenvalue weighted by atomic mass is 16.6. The molecule has 17 heavy (non-hydrogen) atoms. The average Bonchev–Trinajstić information content (AvgIpc) is 2.28. The van der Waals surface area contributed by atoms with E-state index in [1.807, 2.05) is 20.8 Å². The molecule has 0 aromatic heterocycles. The van der Waals surface area contributed by atoms with Crippen molar-refractivity contribution in [1.29, 1.82) is 0 Å². The lowest BCUT2D eigenvalue weighted by Gasteiger charge is -2.23. The van der Waals surface area contributed by atoms with Crippen molar-refractivity contribution in [2.45, 2.75) is 32.8 Å². The highest BCUT2D eigenvalue weighted by Crippen LogP contribution is 2.17. The smallest absolute Gasteiger partial charge is 0.338 e. The normalized spacial score (nSPS) is 11.0. The Hall–Kier alpha value is -1.84. The lowest BCUT2D eigenvalue weighted by atomic mass is 10.1. The summed E-state index contributed by atoms with van der Waals surface area (Å²) in [5.74, 6) is -1.56. The first-order valence-electron chi connectivity index (χ1n) is 5.42. The van der Waals surface area contributed by atoms with E-state index in [0.29, 0.717) is 6.42 Å². The first kappa shape index (κ1) is 13.2. The van der Waals surface area contributed by atoms with E-state index >= 15 is 0 Å². The van der Waals surface area contributed by atoms with E-state index in [9.17, 15) is 9.59 Å². The summed E-state index contributed by atoms with van der Waals surface area (Å²) in [6.07, 6.45) is 0.692. The molecule has 0 aliphatic rings. The average molecular weight is 236 g/mol. The fourth-order valence-corrected chi connectivity index (χ4v) is 1.16. The molecule has 1 N–H and O–H groups in total. The van der Waals surface area contributed by atoms with Gasteiger partial charge in [-0.25, -0.2) is 9.59 Å². The van der Waals surface area contributed by atoms with Gasteiger partial charge in [-0.05, 0) is 38.5 Å². The number of hydrogen-bond donors (Lipinski definition) is 1. The van der Waals surface area contributed by atoms with Gasteiger partial charge in [-0.1, -0.05) is 13.0 Å². The van der Waals surface area contributed by atoms with E-state index in [1.54, 1.807) is 6.07 Å². The van der Waals surface area contributed by atoms with Crippen LogP contribution in [0.2, 0.25) is 0 Å². The quantitative estimate of drug-likeness (QED) is 0.816. The van der Waals surface area contributed by atoms with Crippen LogP contribution >= 0.6 is 0 Å². The summed E-state index contributed by atoms with van der Waals surface area (Å²) in [6, 6.07) is 5.82. The van der Waals surface area contributed by atoms with Crippen LogP contribution in [0.5, 0.6) is 0 Å². The number of carboxylic acid groups (broad SMARTS) is 1. The molecule has 0 spiro atoms. The Morgan fingerprint density at radius 3 is 2.41 bits per heavy atom. The molecule has 0 aliphatic carbocycles. The highest BCUT2D eigenvalue weighted by molar-refractivity contribution is 5.94. The fourth-order valence-electron chi connectivity index (χ4n) is 1.16. The molecule has 0 fully saturated rings. The van der Waals surface area contributed by atoms with Crippen molar-refractivity contribution in [3.8, 4) is 0 Å². The van der Waals surface area contributed by atoms with Crippen molar-refractivity contribution in [3.05, 3.63) is 35.4 Å². The maximum atomic E-state index is 11.8. The molecule has 1 aromatic carbocycles. The van der Waals surface area contributed by atoms with Gasteiger partial charge in [0.15, 0.2) is 0 Å². The molecule has 0 unspecified atom stereocenters. The van der Waals surface area contributed by atoms with E-state index in [2.05, 4.69) is 0 Å². The Labute approximate surface area is 100 Å². The van der Waals surface area contributed by atoms with Gasteiger partial charge in [0.05, 0.1) is 11.1 Å². The van der Waals surface area contributed by atoms with Crippen molar-refractivity contribution in [3.63, 3.8) is 0 Å². The van der Waals surface area contributed by atoms with Crippen molar-refractivity contribution < 1.29 is 19.4 Å². The number of ether oxygens (including phenoxy) is 1. The van der Waals surface area contributed by atoms with Crippen molar-refractivity contribution in [2.24, 2.45) is 0 Å².